The van der Waals surface area contributed by atoms with Gasteiger partial charge in [-0.3, -0.25) is 0 Å². The van der Waals surface area contributed by atoms with E-state index in [-0.39, 0.29) is 0 Å². The number of nitrogens with one attached hydrogen (secondary N) is 1. The van der Waals surface area contributed by atoms with Gasteiger partial charge in [-0.1, -0.05) is 29.9 Å². The average molecular weight is 255 g/mol. The molecular formula is C12H15ClN2S. The topological polar surface area (TPSA) is 24.9 Å². The van der Waals surface area contributed by atoms with E-state index in [1.165, 1.54) is 11.1 Å². The lowest BCUT2D eigenvalue weighted by molar-refractivity contribution is 0.747. The summed E-state index contributed by atoms with van der Waals surface area (Å²) in [7, 11) is 0. The van der Waals surface area contributed by atoms with E-state index in [2.05, 4.69) is 16.4 Å². The van der Waals surface area contributed by atoms with Crippen molar-refractivity contribution in [1.29, 1.82) is 0 Å². The van der Waals surface area contributed by atoms with Gasteiger partial charge in [0.2, 0.25) is 0 Å². The molecule has 86 valence electrons. The van der Waals surface area contributed by atoms with Gasteiger partial charge in [0.25, 0.3) is 0 Å². The molecule has 4 heteroatoms. The first kappa shape index (κ1) is 11.7. The Bertz CT molecular complexity index is 408. The second-order valence-corrected chi connectivity index (χ2v) is 5.07. The second kappa shape index (κ2) is 6.06. The molecular weight excluding hydrogens is 240 g/mol. The zero-order valence-corrected chi connectivity index (χ0v) is 10.7. The van der Waals surface area contributed by atoms with E-state index in [9.17, 15) is 0 Å². The first-order chi connectivity index (χ1) is 7.90. The normalized spacial score (nSPS) is 10.8. The van der Waals surface area contributed by atoms with Gasteiger partial charge in [0.1, 0.15) is 0 Å². The summed E-state index contributed by atoms with van der Waals surface area (Å²) < 4.78 is 1.24. The highest BCUT2D eigenvalue weighted by Crippen LogP contribution is 2.25. The highest BCUT2D eigenvalue weighted by molar-refractivity contribution is 7.22. The highest BCUT2D eigenvalue weighted by Gasteiger charge is 2.01. The fourth-order valence-electron chi connectivity index (χ4n) is 1.54. The fraction of sp³-hybridized carbons (Fsp3) is 0.417. The number of unbranched alkanes of at least 4 members (excludes halogenated alkanes) is 2. The third-order valence-electron chi connectivity index (χ3n) is 2.38. The number of aromatic nitrogens is 1. The Morgan fingerprint density at radius 2 is 2.06 bits per heavy atom. The smallest absolute Gasteiger partial charge is 0.183 e. The number of hydrogen-bond acceptors (Lipinski definition) is 3. The molecule has 16 heavy (non-hydrogen) atoms. The summed E-state index contributed by atoms with van der Waals surface area (Å²) >= 11 is 7.33. The van der Waals surface area contributed by atoms with Crippen molar-refractivity contribution in [2.45, 2.75) is 19.3 Å². The third kappa shape index (κ3) is 3.09. The van der Waals surface area contributed by atoms with Crippen LogP contribution in [0.1, 0.15) is 19.3 Å². The van der Waals surface area contributed by atoms with Crippen LogP contribution in [0.25, 0.3) is 10.2 Å². The maximum atomic E-state index is 5.62. The van der Waals surface area contributed by atoms with Crippen LogP contribution < -0.4 is 5.32 Å². The van der Waals surface area contributed by atoms with Crippen molar-refractivity contribution < 1.29 is 0 Å². The number of anilines is 1. The molecule has 0 spiro atoms. The summed E-state index contributed by atoms with van der Waals surface area (Å²) in [6.45, 7) is 0.983. The van der Waals surface area contributed by atoms with Crippen LogP contribution in [0.2, 0.25) is 0 Å². The number of hydrogen-bond donors (Lipinski definition) is 1. The van der Waals surface area contributed by atoms with E-state index in [0.29, 0.717) is 0 Å². The molecule has 0 bridgehead atoms. The summed E-state index contributed by atoms with van der Waals surface area (Å²) in [5.74, 6) is 0.765. The lowest BCUT2D eigenvalue weighted by Crippen LogP contribution is -2.00. The molecule has 0 saturated heterocycles. The average Bonchev–Trinajstić information content (AvgIpc) is 2.71. The van der Waals surface area contributed by atoms with Crippen LogP contribution in [0.3, 0.4) is 0 Å². The van der Waals surface area contributed by atoms with Crippen molar-refractivity contribution in [1.82, 2.24) is 4.98 Å². The first-order valence-corrected chi connectivity index (χ1v) is 6.90. The van der Waals surface area contributed by atoms with Crippen LogP contribution in [-0.2, 0) is 0 Å². The van der Waals surface area contributed by atoms with Crippen LogP contribution in [0.15, 0.2) is 24.3 Å². The Labute approximate surface area is 105 Å². The van der Waals surface area contributed by atoms with Crippen LogP contribution in [0, 0.1) is 0 Å². The molecule has 0 aliphatic heterocycles. The zero-order valence-electron chi connectivity index (χ0n) is 9.08. The summed E-state index contributed by atoms with van der Waals surface area (Å²) in [5, 5.41) is 4.38. The van der Waals surface area contributed by atoms with Crippen LogP contribution in [0.5, 0.6) is 0 Å². The zero-order chi connectivity index (χ0) is 11.2. The van der Waals surface area contributed by atoms with Crippen molar-refractivity contribution in [3.05, 3.63) is 24.3 Å². The number of halogens is 1. The van der Waals surface area contributed by atoms with E-state index in [0.717, 1.165) is 35.9 Å². The first-order valence-electron chi connectivity index (χ1n) is 5.55. The molecule has 0 saturated carbocycles. The minimum atomic E-state index is 0.765. The maximum absolute atomic E-state index is 5.62. The number of nitrogens with zero attached hydrogens (tertiary/aromatic N) is 1. The largest absolute Gasteiger partial charge is 0.361 e. The summed E-state index contributed by atoms with van der Waals surface area (Å²) in [6.07, 6.45) is 3.44. The lowest BCUT2D eigenvalue weighted by atomic mass is 10.2. The quantitative estimate of drug-likeness (QED) is 0.620. The number of para-hydroxylation sites is 1. The van der Waals surface area contributed by atoms with Gasteiger partial charge in [-0.2, -0.15) is 0 Å². The van der Waals surface area contributed by atoms with Crippen molar-refractivity contribution in [3.8, 4) is 0 Å². The fourth-order valence-corrected chi connectivity index (χ4v) is 2.62. The van der Waals surface area contributed by atoms with Gasteiger partial charge < -0.3 is 5.32 Å². The van der Waals surface area contributed by atoms with E-state index < -0.39 is 0 Å². The Morgan fingerprint density at radius 1 is 1.19 bits per heavy atom. The monoisotopic (exact) mass is 254 g/mol. The Kier molecular flexibility index (Phi) is 4.43. The molecule has 1 heterocycles. The Balaban J connectivity index is 1.85. The number of thiazole rings is 1. The molecule has 0 unspecified atom stereocenters. The van der Waals surface area contributed by atoms with Gasteiger partial charge in [-0.15, -0.1) is 11.6 Å². The molecule has 1 aromatic heterocycles. The van der Waals surface area contributed by atoms with Gasteiger partial charge >= 0.3 is 0 Å². The summed E-state index contributed by atoms with van der Waals surface area (Å²) in [4.78, 5) is 4.51. The molecule has 1 N–H and O–H groups in total. The van der Waals surface area contributed by atoms with E-state index >= 15 is 0 Å². The van der Waals surface area contributed by atoms with Crippen molar-refractivity contribution in [2.75, 3.05) is 17.7 Å². The van der Waals surface area contributed by atoms with Gasteiger partial charge in [-0.05, 0) is 25.0 Å². The van der Waals surface area contributed by atoms with Crippen LogP contribution in [0.4, 0.5) is 5.13 Å². The molecule has 2 aromatic rings. The number of benzene rings is 1. The summed E-state index contributed by atoms with van der Waals surface area (Å²) in [5.41, 5.74) is 1.08. The Morgan fingerprint density at radius 3 is 2.88 bits per heavy atom. The minimum Gasteiger partial charge on any atom is -0.361 e. The second-order valence-electron chi connectivity index (χ2n) is 3.66. The minimum absolute atomic E-state index is 0.765. The van der Waals surface area contributed by atoms with E-state index in [1.807, 2.05) is 18.2 Å². The summed E-state index contributed by atoms with van der Waals surface area (Å²) in [6, 6.07) is 8.22. The highest BCUT2D eigenvalue weighted by atomic mass is 35.5. The SMILES string of the molecule is ClCCCCCNc1nc2ccccc2s1. The third-order valence-corrected chi connectivity index (χ3v) is 3.64. The van der Waals surface area contributed by atoms with Gasteiger partial charge in [0.05, 0.1) is 10.2 Å². The van der Waals surface area contributed by atoms with Gasteiger partial charge in [-0.25, -0.2) is 4.98 Å². The molecule has 2 rings (SSSR count). The lowest BCUT2D eigenvalue weighted by Gasteiger charge is -2.00. The predicted octanol–water partition coefficient (Wildman–Crippen LogP) is 4.12. The van der Waals surface area contributed by atoms with Crippen molar-refractivity contribution in [2.24, 2.45) is 0 Å². The molecule has 0 aliphatic rings. The molecule has 0 radical (unpaired) electrons. The number of alkyl halides is 1. The molecule has 0 atom stereocenters. The Hall–Kier alpha value is -0.800. The van der Waals surface area contributed by atoms with Gasteiger partial charge in [0, 0.05) is 12.4 Å². The van der Waals surface area contributed by atoms with Crippen molar-refractivity contribution >= 4 is 38.3 Å². The molecule has 2 nitrogen and oxygen atoms in total. The predicted molar refractivity (Wildman–Crippen MR) is 72.7 cm³/mol. The molecule has 0 amide bonds. The maximum Gasteiger partial charge on any atom is 0.183 e. The molecule has 0 aliphatic carbocycles. The number of rotatable bonds is 6. The van der Waals surface area contributed by atoms with Gasteiger partial charge in [0.15, 0.2) is 5.13 Å². The standard InChI is InChI=1S/C12H15ClN2S/c13-8-4-1-5-9-14-12-15-10-6-2-3-7-11(10)16-12/h2-3,6-7H,1,4-5,8-9H2,(H,14,15). The van der Waals surface area contributed by atoms with E-state index in [1.54, 1.807) is 11.3 Å². The van der Waals surface area contributed by atoms with E-state index in [4.69, 9.17) is 11.6 Å². The van der Waals surface area contributed by atoms with Crippen molar-refractivity contribution in [3.63, 3.8) is 0 Å². The number of fused-ring (bicyclic) bond motifs is 1. The van der Waals surface area contributed by atoms with Crippen LogP contribution >= 0.6 is 22.9 Å². The molecule has 0 fully saturated rings. The van der Waals surface area contributed by atoms with Crippen LogP contribution in [-0.4, -0.2) is 17.4 Å². The molecule has 1 aromatic carbocycles.